The maximum Gasteiger partial charge on any atom is 0.337 e. The topological polar surface area (TPSA) is 97.0 Å². The number of pyridine rings is 1. The third-order valence-corrected chi connectivity index (χ3v) is 4.57. The lowest BCUT2D eigenvalue weighted by Crippen LogP contribution is -2.31. The van der Waals surface area contributed by atoms with Crippen LogP contribution in [0.2, 0.25) is 0 Å². The van der Waals surface area contributed by atoms with Crippen molar-refractivity contribution in [2.75, 3.05) is 11.6 Å². The van der Waals surface area contributed by atoms with Gasteiger partial charge in [-0.05, 0) is 38.7 Å². The number of H-pyrrole nitrogens is 1. The van der Waals surface area contributed by atoms with Crippen molar-refractivity contribution in [1.82, 2.24) is 15.0 Å². The van der Waals surface area contributed by atoms with Gasteiger partial charge in [0, 0.05) is 18.1 Å². The number of fused-ring (bicyclic) bond motifs is 1. The summed E-state index contributed by atoms with van der Waals surface area (Å²) in [5, 5.41) is 3.60. The molecule has 1 aliphatic rings. The number of carbonyl (C=O) groups is 1. The van der Waals surface area contributed by atoms with Crippen LogP contribution in [0.25, 0.3) is 0 Å². The molecular formula is C18H20N4O3S. The van der Waals surface area contributed by atoms with Crippen LogP contribution in [0.3, 0.4) is 0 Å². The number of aromatic amines is 1. The molecular weight excluding hydrogens is 352 g/mol. The van der Waals surface area contributed by atoms with Gasteiger partial charge in [-0.1, -0.05) is 17.8 Å². The van der Waals surface area contributed by atoms with Crippen molar-refractivity contribution in [3.8, 4) is 0 Å². The highest BCUT2D eigenvalue weighted by molar-refractivity contribution is 7.98. The highest BCUT2D eigenvalue weighted by Crippen LogP contribution is 2.39. The molecule has 0 saturated carbocycles. The number of esters is 1. The molecule has 7 nitrogen and oxygen atoms in total. The summed E-state index contributed by atoms with van der Waals surface area (Å²) in [6, 6.07) is 3.61. The molecule has 1 aliphatic heterocycles. The van der Waals surface area contributed by atoms with Gasteiger partial charge in [0.25, 0.3) is 5.56 Å². The summed E-state index contributed by atoms with van der Waals surface area (Å²) in [5.74, 6) is -0.609. The van der Waals surface area contributed by atoms with Gasteiger partial charge in [0.2, 0.25) is 0 Å². The zero-order chi connectivity index (χ0) is 18.8. The summed E-state index contributed by atoms with van der Waals surface area (Å²) >= 11 is 1.34. The number of thioether (sulfide) groups is 1. The first-order valence-electron chi connectivity index (χ1n) is 8.19. The molecule has 0 bridgehead atoms. The van der Waals surface area contributed by atoms with Crippen molar-refractivity contribution in [3.05, 3.63) is 57.3 Å². The molecule has 1 atom stereocenters. The second kappa shape index (κ2) is 7.33. The van der Waals surface area contributed by atoms with Crippen molar-refractivity contribution >= 4 is 23.5 Å². The molecule has 0 saturated heterocycles. The Bertz CT molecular complexity index is 922. The third-order valence-electron chi connectivity index (χ3n) is 3.99. The molecule has 0 amide bonds. The fourth-order valence-electron chi connectivity index (χ4n) is 2.96. The first kappa shape index (κ1) is 18.2. The predicted octanol–water partition coefficient (Wildman–Crippen LogP) is 2.67. The summed E-state index contributed by atoms with van der Waals surface area (Å²) in [6.45, 7) is 5.36. The minimum Gasteiger partial charge on any atom is -0.460 e. The molecule has 0 spiro atoms. The fourth-order valence-corrected chi connectivity index (χ4v) is 3.33. The number of ether oxygens (including phenoxy) is 1. The van der Waals surface area contributed by atoms with Crippen LogP contribution >= 0.6 is 11.8 Å². The van der Waals surface area contributed by atoms with Crippen LogP contribution in [0.5, 0.6) is 0 Å². The lowest BCUT2D eigenvalue weighted by atomic mass is 9.83. The quantitative estimate of drug-likeness (QED) is 0.484. The zero-order valence-corrected chi connectivity index (χ0v) is 15.8. The van der Waals surface area contributed by atoms with Crippen LogP contribution in [-0.4, -0.2) is 33.3 Å². The number of nitrogens with one attached hydrogen (secondary N) is 2. The maximum absolute atomic E-state index is 12.8. The minimum absolute atomic E-state index is 0.269. The summed E-state index contributed by atoms with van der Waals surface area (Å²) < 4.78 is 5.42. The molecule has 8 heteroatoms. The van der Waals surface area contributed by atoms with Gasteiger partial charge in [-0.25, -0.2) is 9.78 Å². The van der Waals surface area contributed by atoms with Crippen molar-refractivity contribution in [2.45, 2.75) is 37.9 Å². The number of anilines is 1. The zero-order valence-electron chi connectivity index (χ0n) is 15.0. The molecule has 26 heavy (non-hydrogen) atoms. The van der Waals surface area contributed by atoms with Gasteiger partial charge in [-0.15, -0.1) is 0 Å². The fraction of sp³-hybridized carbons (Fsp3) is 0.333. The minimum atomic E-state index is -0.599. The molecule has 0 radical (unpaired) electrons. The van der Waals surface area contributed by atoms with E-state index in [2.05, 4.69) is 20.3 Å². The van der Waals surface area contributed by atoms with E-state index < -0.39 is 11.9 Å². The third kappa shape index (κ3) is 3.37. The summed E-state index contributed by atoms with van der Waals surface area (Å²) in [5.41, 5.74) is 1.83. The van der Waals surface area contributed by atoms with E-state index in [9.17, 15) is 9.59 Å². The molecule has 3 rings (SSSR count). The van der Waals surface area contributed by atoms with E-state index in [1.165, 1.54) is 11.8 Å². The molecule has 136 valence electrons. The van der Waals surface area contributed by atoms with E-state index in [-0.39, 0.29) is 11.7 Å². The first-order chi connectivity index (χ1) is 12.4. The highest BCUT2D eigenvalue weighted by Gasteiger charge is 2.36. The second-order valence-electron chi connectivity index (χ2n) is 6.17. The van der Waals surface area contributed by atoms with Crippen molar-refractivity contribution in [1.29, 1.82) is 0 Å². The highest BCUT2D eigenvalue weighted by atomic mass is 32.2. The van der Waals surface area contributed by atoms with Gasteiger partial charge in [-0.2, -0.15) is 0 Å². The van der Waals surface area contributed by atoms with Gasteiger partial charge in [-0.3, -0.25) is 9.78 Å². The molecule has 0 fully saturated rings. The van der Waals surface area contributed by atoms with Gasteiger partial charge in [0.1, 0.15) is 5.82 Å². The average molecular weight is 372 g/mol. The van der Waals surface area contributed by atoms with E-state index in [0.717, 1.165) is 5.56 Å². The van der Waals surface area contributed by atoms with E-state index in [4.69, 9.17) is 4.74 Å². The number of aromatic nitrogens is 3. The standard InChI is InChI=1S/C18H20N4O3S/c1-9(2)25-17(24)12-10(3)20-15-14(16(23)22-18(21-15)26-4)13(12)11-6-5-7-19-8-11/h5-9,13H,1-4H3,(H2,20,21,22,23)/t13-/m0/s1. The van der Waals surface area contributed by atoms with Gasteiger partial charge >= 0.3 is 5.97 Å². The van der Waals surface area contributed by atoms with E-state index in [1.54, 1.807) is 39.2 Å². The summed E-state index contributed by atoms with van der Waals surface area (Å²) in [7, 11) is 0. The van der Waals surface area contributed by atoms with Gasteiger partial charge in [0.05, 0.1) is 23.2 Å². The van der Waals surface area contributed by atoms with Crippen LogP contribution in [0.4, 0.5) is 5.82 Å². The van der Waals surface area contributed by atoms with Crippen molar-refractivity contribution < 1.29 is 9.53 Å². The first-order valence-corrected chi connectivity index (χ1v) is 9.41. The average Bonchev–Trinajstić information content (AvgIpc) is 2.60. The van der Waals surface area contributed by atoms with Gasteiger partial charge in [0.15, 0.2) is 5.16 Å². The monoisotopic (exact) mass is 372 g/mol. The Morgan fingerprint density at radius 1 is 1.38 bits per heavy atom. The van der Waals surface area contributed by atoms with Crippen LogP contribution in [0.15, 0.2) is 45.7 Å². The normalized spacial score (nSPS) is 16.3. The Balaban J connectivity index is 2.23. The summed E-state index contributed by atoms with van der Waals surface area (Å²) in [4.78, 5) is 36.9. The van der Waals surface area contributed by atoms with Gasteiger partial charge < -0.3 is 15.0 Å². The largest absolute Gasteiger partial charge is 0.460 e. The van der Waals surface area contributed by atoms with Crippen LogP contribution in [0.1, 0.15) is 37.8 Å². The number of rotatable bonds is 4. The number of hydrogen-bond donors (Lipinski definition) is 2. The number of nitrogens with zero attached hydrogens (tertiary/aromatic N) is 2. The molecule has 0 aromatic carbocycles. The number of allylic oxidation sites excluding steroid dienone is 1. The second-order valence-corrected chi connectivity index (χ2v) is 6.97. The molecule has 2 aromatic rings. The Morgan fingerprint density at radius 2 is 2.15 bits per heavy atom. The molecule has 0 unspecified atom stereocenters. The molecule has 2 N–H and O–H groups in total. The van der Waals surface area contributed by atoms with E-state index in [0.29, 0.717) is 27.8 Å². The van der Waals surface area contributed by atoms with Crippen molar-refractivity contribution in [2.24, 2.45) is 0 Å². The van der Waals surface area contributed by atoms with Crippen LogP contribution in [0, 0.1) is 0 Å². The molecule has 3 heterocycles. The lowest BCUT2D eigenvalue weighted by molar-refractivity contribution is -0.143. The van der Waals surface area contributed by atoms with Crippen LogP contribution in [-0.2, 0) is 9.53 Å². The Morgan fingerprint density at radius 3 is 2.77 bits per heavy atom. The lowest BCUT2D eigenvalue weighted by Gasteiger charge is -2.29. The predicted molar refractivity (Wildman–Crippen MR) is 100 cm³/mol. The van der Waals surface area contributed by atoms with Crippen LogP contribution < -0.4 is 10.9 Å². The summed E-state index contributed by atoms with van der Waals surface area (Å²) in [6.07, 6.45) is 4.86. The number of carbonyl (C=O) groups excluding carboxylic acids is 1. The smallest absolute Gasteiger partial charge is 0.337 e. The maximum atomic E-state index is 12.8. The Labute approximate surface area is 155 Å². The molecule has 0 aliphatic carbocycles. The van der Waals surface area contributed by atoms with E-state index >= 15 is 0 Å². The Kier molecular flexibility index (Phi) is 5.13. The molecule has 2 aromatic heterocycles. The Hall–Kier alpha value is -2.61. The number of hydrogen-bond acceptors (Lipinski definition) is 7. The SMILES string of the molecule is CSc1nc2c(c(=O)[nH]1)[C@@H](c1cccnc1)C(C(=O)OC(C)C)=C(C)N2. The van der Waals surface area contributed by atoms with E-state index in [1.807, 2.05) is 12.3 Å². The van der Waals surface area contributed by atoms with Crippen molar-refractivity contribution in [3.63, 3.8) is 0 Å².